The molecule has 1 fully saturated rings. The molecule has 0 bridgehead atoms. The first kappa shape index (κ1) is 31.6. The zero-order valence-corrected chi connectivity index (χ0v) is 24.9. The largest absolute Gasteiger partial charge is 0.481 e. The van der Waals surface area contributed by atoms with Crippen LogP contribution < -0.4 is 5.32 Å². The van der Waals surface area contributed by atoms with Crippen LogP contribution in [0.1, 0.15) is 113 Å². The molecular formula is C36H39NO6. The van der Waals surface area contributed by atoms with Gasteiger partial charge < -0.3 is 15.5 Å². The van der Waals surface area contributed by atoms with E-state index in [2.05, 4.69) is 26.1 Å². The van der Waals surface area contributed by atoms with Crippen molar-refractivity contribution in [1.82, 2.24) is 5.32 Å². The van der Waals surface area contributed by atoms with Gasteiger partial charge in [-0.25, -0.2) is 0 Å². The minimum Gasteiger partial charge on any atom is -0.481 e. The molecule has 0 spiro atoms. The fourth-order valence-corrected chi connectivity index (χ4v) is 5.38. The van der Waals surface area contributed by atoms with E-state index in [0.717, 1.165) is 18.4 Å². The van der Waals surface area contributed by atoms with Crippen LogP contribution in [0, 0.1) is 0 Å². The molecule has 3 aromatic carbocycles. The summed E-state index contributed by atoms with van der Waals surface area (Å²) < 4.78 is 0. The average Bonchev–Trinajstić information content (AvgIpc) is 2.99. The van der Waals surface area contributed by atoms with Crippen LogP contribution in [0.3, 0.4) is 0 Å². The summed E-state index contributed by atoms with van der Waals surface area (Å²) in [4.78, 5) is 50.4. The Hall–Kier alpha value is -4.36. The van der Waals surface area contributed by atoms with Gasteiger partial charge in [-0.05, 0) is 59.1 Å². The molecule has 1 unspecified atom stereocenters. The van der Waals surface area contributed by atoms with Crippen LogP contribution in [0.15, 0.2) is 78.9 Å². The standard InChI is InChI=1S/C36H39NO6/c1-36(2,3)29-19-17-26(18-20-29)31(38)21-30(25-11-9-24(10-12-25)23-7-5-4-6-8-23)34(42)27-13-15-28(16-14-27)35(43)37-32(39)22-33(40)41/h9-21,23,32,39H,4-8,22H2,1-3H3,(H,37,43)(H,40,41)/b30-21-. The Balaban J connectivity index is 1.63. The normalized spacial score (nSPS) is 15.0. The number of aliphatic hydroxyl groups excluding tert-OH is 1. The summed E-state index contributed by atoms with van der Waals surface area (Å²) in [5, 5.41) is 20.7. The first-order chi connectivity index (χ1) is 20.4. The number of benzene rings is 3. The van der Waals surface area contributed by atoms with E-state index in [1.807, 2.05) is 36.4 Å². The first-order valence-electron chi connectivity index (χ1n) is 14.7. The van der Waals surface area contributed by atoms with Gasteiger partial charge in [-0.2, -0.15) is 0 Å². The number of carboxylic acids is 1. The van der Waals surface area contributed by atoms with E-state index < -0.39 is 24.5 Å². The molecule has 1 saturated carbocycles. The average molecular weight is 582 g/mol. The maximum absolute atomic E-state index is 13.8. The highest BCUT2D eigenvalue weighted by atomic mass is 16.4. The van der Waals surface area contributed by atoms with Gasteiger partial charge in [0.25, 0.3) is 5.91 Å². The van der Waals surface area contributed by atoms with Crippen molar-refractivity contribution < 1.29 is 29.4 Å². The first-order valence-corrected chi connectivity index (χ1v) is 14.7. The van der Waals surface area contributed by atoms with Gasteiger partial charge in [0.15, 0.2) is 11.6 Å². The van der Waals surface area contributed by atoms with E-state index in [0.29, 0.717) is 17.0 Å². The molecule has 43 heavy (non-hydrogen) atoms. The van der Waals surface area contributed by atoms with E-state index in [1.54, 1.807) is 12.1 Å². The Kier molecular flexibility index (Phi) is 10.1. The van der Waals surface area contributed by atoms with Crippen molar-refractivity contribution in [3.63, 3.8) is 0 Å². The maximum atomic E-state index is 13.8. The molecule has 1 atom stereocenters. The lowest BCUT2D eigenvalue weighted by atomic mass is 9.83. The predicted octanol–water partition coefficient (Wildman–Crippen LogP) is 6.70. The summed E-state index contributed by atoms with van der Waals surface area (Å²) in [5.74, 6) is -2.08. The smallest absolute Gasteiger partial charge is 0.307 e. The lowest BCUT2D eigenvalue weighted by molar-refractivity contribution is -0.139. The maximum Gasteiger partial charge on any atom is 0.307 e. The number of rotatable bonds is 10. The van der Waals surface area contributed by atoms with Crippen molar-refractivity contribution in [2.75, 3.05) is 0 Å². The Morgan fingerprint density at radius 3 is 1.88 bits per heavy atom. The van der Waals surface area contributed by atoms with Crippen molar-refractivity contribution in [3.8, 4) is 0 Å². The Morgan fingerprint density at radius 2 is 1.33 bits per heavy atom. The zero-order valence-electron chi connectivity index (χ0n) is 24.9. The number of aliphatic carboxylic acids is 1. The lowest BCUT2D eigenvalue weighted by Crippen LogP contribution is -2.36. The summed E-state index contributed by atoms with van der Waals surface area (Å²) >= 11 is 0. The van der Waals surface area contributed by atoms with E-state index in [-0.39, 0.29) is 33.7 Å². The number of Topliss-reactive ketones (excluding diaryl/α,β-unsaturated/α-hetero) is 1. The highest BCUT2D eigenvalue weighted by Crippen LogP contribution is 2.33. The second-order valence-corrected chi connectivity index (χ2v) is 12.2. The Morgan fingerprint density at radius 1 is 0.791 bits per heavy atom. The van der Waals surface area contributed by atoms with Crippen LogP contribution in [0.2, 0.25) is 0 Å². The van der Waals surface area contributed by atoms with Crippen molar-refractivity contribution >= 4 is 29.0 Å². The lowest BCUT2D eigenvalue weighted by Gasteiger charge is -2.22. The monoisotopic (exact) mass is 581 g/mol. The summed E-state index contributed by atoms with van der Waals surface area (Å²) in [6.45, 7) is 6.31. The summed E-state index contributed by atoms with van der Waals surface area (Å²) in [7, 11) is 0. The molecule has 0 saturated heterocycles. The van der Waals surface area contributed by atoms with Gasteiger partial charge in [0.1, 0.15) is 6.23 Å². The molecule has 0 heterocycles. The van der Waals surface area contributed by atoms with Gasteiger partial charge in [0.05, 0.1) is 6.42 Å². The molecule has 1 aliphatic rings. The quantitative estimate of drug-likeness (QED) is 0.139. The number of carbonyl (C=O) groups excluding carboxylic acids is 3. The second kappa shape index (κ2) is 13.7. The molecule has 3 aromatic rings. The molecule has 1 aliphatic carbocycles. The molecule has 224 valence electrons. The predicted molar refractivity (Wildman–Crippen MR) is 166 cm³/mol. The highest BCUT2D eigenvalue weighted by Gasteiger charge is 2.21. The van der Waals surface area contributed by atoms with Gasteiger partial charge in [0.2, 0.25) is 0 Å². The molecular weight excluding hydrogens is 542 g/mol. The SMILES string of the molecule is CC(C)(C)c1ccc(C(=O)/C=C(\C(=O)c2ccc(C(=O)NC(O)CC(=O)O)cc2)c2ccc(C3CCCCC3)cc2)cc1. The van der Waals surface area contributed by atoms with Gasteiger partial charge in [0, 0.05) is 22.3 Å². The van der Waals surface area contributed by atoms with Crippen LogP contribution in [0.5, 0.6) is 0 Å². The van der Waals surface area contributed by atoms with Crippen LogP contribution >= 0.6 is 0 Å². The molecule has 0 radical (unpaired) electrons. The van der Waals surface area contributed by atoms with Gasteiger partial charge >= 0.3 is 5.97 Å². The third-order valence-electron chi connectivity index (χ3n) is 7.93. The molecule has 4 rings (SSSR count). The van der Waals surface area contributed by atoms with Crippen molar-refractivity contribution in [1.29, 1.82) is 0 Å². The number of carboxylic acid groups (broad SMARTS) is 1. The van der Waals surface area contributed by atoms with Crippen LogP contribution in [-0.4, -0.2) is 39.9 Å². The number of hydrogen-bond acceptors (Lipinski definition) is 5. The van der Waals surface area contributed by atoms with E-state index in [4.69, 9.17) is 5.11 Å². The fraction of sp³-hybridized carbons (Fsp3) is 0.333. The number of allylic oxidation sites excluding steroid dienone is 2. The zero-order chi connectivity index (χ0) is 31.1. The molecule has 3 N–H and O–H groups in total. The van der Waals surface area contributed by atoms with Crippen LogP contribution in [0.4, 0.5) is 0 Å². The van der Waals surface area contributed by atoms with Crippen LogP contribution in [-0.2, 0) is 10.2 Å². The molecule has 0 aromatic heterocycles. The number of nitrogens with one attached hydrogen (secondary N) is 1. The Bertz CT molecular complexity index is 1490. The van der Waals surface area contributed by atoms with Gasteiger partial charge in [-0.1, -0.05) is 101 Å². The summed E-state index contributed by atoms with van der Waals surface area (Å²) in [6, 6.07) is 21.1. The number of amides is 1. The van der Waals surface area contributed by atoms with Gasteiger partial charge in [-0.3, -0.25) is 19.2 Å². The minimum absolute atomic E-state index is 0.0595. The minimum atomic E-state index is -1.54. The fourth-order valence-electron chi connectivity index (χ4n) is 5.38. The number of hydrogen-bond donors (Lipinski definition) is 3. The third-order valence-corrected chi connectivity index (χ3v) is 7.93. The summed E-state index contributed by atoms with van der Waals surface area (Å²) in [6.07, 6.45) is 5.19. The van der Waals surface area contributed by atoms with E-state index in [9.17, 15) is 24.3 Å². The van der Waals surface area contributed by atoms with Crippen LogP contribution in [0.25, 0.3) is 5.57 Å². The number of carbonyl (C=O) groups is 4. The molecule has 7 heteroatoms. The highest BCUT2D eigenvalue weighted by molar-refractivity contribution is 6.32. The molecule has 0 aliphatic heterocycles. The van der Waals surface area contributed by atoms with Gasteiger partial charge in [-0.15, -0.1) is 0 Å². The molecule has 7 nitrogen and oxygen atoms in total. The summed E-state index contributed by atoms with van der Waals surface area (Å²) in [5.41, 5.74) is 4.05. The van der Waals surface area contributed by atoms with E-state index in [1.165, 1.54) is 55.2 Å². The number of ketones is 2. The topological polar surface area (TPSA) is 121 Å². The Labute approximate surface area is 252 Å². The van der Waals surface area contributed by atoms with Crippen molar-refractivity contribution in [2.45, 2.75) is 76.9 Å². The second-order valence-electron chi connectivity index (χ2n) is 12.2. The third kappa shape index (κ3) is 8.36. The van der Waals surface area contributed by atoms with Crippen molar-refractivity contribution in [2.24, 2.45) is 0 Å². The molecule has 1 amide bonds. The van der Waals surface area contributed by atoms with Crippen molar-refractivity contribution in [3.05, 3.63) is 112 Å². The van der Waals surface area contributed by atoms with E-state index >= 15 is 0 Å². The number of aliphatic hydroxyl groups is 1.